The van der Waals surface area contributed by atoms with Crippen molar-refractivity contribution < 1.29 is 9.18 Å². The molecule has 2 rings (SSSR count). The maximum atomic E-state index is 12.7. The molecule has 3 N–H and O–H groups in total. The molecule has 6 nitrogen and oxygen atoms in total. The average Bonchev–Trinajstić information content (AvgIpc) is 2.68. The first kappa shape index (κ1) is 13.0. The second kappa shape index (κ2) is 5.05. The third-order valence-corrected chi connectivity index (χ3v) is 2.67. The fourth-order valence-corrected chi connectivity index (χ4v) is 1.70. The molecule has 0 atom stereocenters. The number of halogens is 1. The van der Waals surface area contributed by atoms with Crippen LogP contribution in [0.5, 0.6) is 0 Å². The minimum absolute atomic E-state index is 0.296. The zero-order chi connectivity index (χ0) is 14.0. The molecule has 0 radical (unpaired) electrons. The van der Waals surface area contributed by atoms with Crippen molar-refractivity contribution >= 4 is 17.3 Å². The summed E-state index contributed by atoms with van der Waals surface area (Å²) in [7, 11) is 0. The van der Waals surface area contributed by atoms with Gasteiger partial charge in [-0.2, -0.15) is 9.49 Å². The van der Waals surface area contributed by atoms with Gasteiger partial charge in [0.05, 0.1) is 23.3 Å². The largest absolute Gasteiger partial charge is 0.395 e. The van der Waals surface area contributed by atoms with Gasteiger partial charge in [-0.05, 0) is 26.0 Å². The zero-order valence-corrected chi connectivity index (χ0v) is 10.6. The standard InChI is InChI=1S/C12H14FN5O/c1-3-18-11(10(14)7(2)17-18)12(19)16-8-4-5-9(13)15-6-8/h4-6H,3,14H2,1-2H3,(H,16,19). The van der Waals surface area contributed by atoms with E-state index in [4.69, 9.17) is 5.73 Å². The number of rotatable bonds is 3. The fourth-order valence-electron chi connectivity index (χ4n) is 1.70. The minimum Gasteiger partial charge on any atom is -0.395 e. The third-order valence-electron chi connectivity index (χ3n) is 2.67. The van der Waals surface area contributed by atoms with Gasteiger partial charge >= 0.3 is 0 Å². The highest BCUT2D eigenvalue weighted by Crippen LogP contribution is 2.18. The average molecular weight is 263 g/mol. The first-order chi connectivity index (χ1) is 9.02. The molecule has 0 aliphatic carbocycles. The Bertz CT molecular complexity index is 605. The first-order valence-corrected chi connectivity index (χ1v) is 5.78. The van der Waals surface area contributed by atoms with E-state index in [0.717, 1.165) is 0 Å². The molecule has 2 aromatic heterocycles. The summed E-state index contributed by atoms with van der Waals surface area (Å²) in [6.07, 6.45) is 1.24. The van der Waals surface area contributed by atoms with Crippen molar-refractivity contribution in [3.8, 4) is 0 Å². The SMILES string of the molecule is CCn1nc(C)c(N)c1C(=O)Nc1ccc(F)nc1. The number of nitrogens with one attached hydrogen (secondary N) is 1. The van der Waals surface area contributed by atoms with Crippen molar-refractivity contribution in [2.45, 2.75) is 20.4 Å². The highest BCUT2D eigenvalue weighted by molar-refractivity contribution is 6.06. The monoisotopic (exact) mass is 263 g/mol. The van der Waals surface area contributed by atoms with Gasteiger partial charge in [0.2, 0.25) is 5.95 Å². The Labute approximate surface area is 109 Å². The molecule has 0 saturated carbocycles. The van der Waals surface area contributed by atoms with Gasteiger partial charge in [-0.25, -0.2) is 4.98 Å². The Morgan fingerprint density at radius 2 is 2.26 bits per heavy atom. The van der Waals surface area contributed by atoms with Crippen molar-refractivity contribution in [1.29, 1.82) is 0 Å². The topological polar surface area (TPSA) is 85.8 Å². The highest BCUT2D eigenvalue weighted by Gasteiger charge is 2.19. The summed E-state index contributed by atoms with van der Waals surface area (Å²) in [6.45, 7) is 4.13. The number of carbonyl (C=O) groups is 1. The molecule has 0 fully saturated rings. The molecule has 0 bridgehead atoms. The number of carbonyl (C=O) groups excluding carboxylic acids is 1. The number of hydrogen-bond donors (Lipinski definition) is 2. The number of aryl methyl sites for hydroxylation is 2. The molecular formula is C12H14FN5O. The Balaban J connectivity index is 2.27. The van der Waals surface area contributed by atoms with E-state index >= 15 is 0 Å². The van der Waals surface area contributed by atoms with Gasteiger partial charge < -0.3 is 11.1 Å². The molecule has 0 spiro atoms. The van der Waals surface area contributed by atoms with E-state index in [9.17, 15) is 9.18 Å². The normalized spacial score (nSPS) is 10.5. The molecule has 100 valence electrons. The second-order valence-electron chi connectivity index (χ2n) is 3.99. The lowest BCUT2D eigenvalue weighted by Crippen LogP contribution is -2.19. The maximum absolute atomic E-state index is 12.7. The highest BCUT2D eigenvalue weighted by atomic mass is 19.1. The lowest BCUT2D eigenvalue weighted by Gasteiger charge is -2.07. The predicted octanol–water partition coefficient (Wildman–Crippen LogP) is 1.58. The van der Waals surface area contributed by atoms with E-state index < -0.39 is 11.9 Å². The molecular weight excluding hydrogens is 249 g/mol. The third kappa shape index (κ3) is 2.54. The van der Waals surface area contributed by atoms with E-state index in [0.29, 0.717) is 29.3 Å². The molecule has 7 heteroatoms. The van der Waals surface area contributed by atoms with E-state index in [1.54, 1.807) is 6.92 Å². The molecule has 19 heavy (non-hydrogen) atoms. The lowest BCUT2D eigenvalue weighted by molar-refractivity contribution is 0.101. The van der Waals surface area contributed by atoms with E-state index in [1.165, 1.54) is 23.0 Å². The quantitative estimate of drug-likeness (QED) is 0.823. The summed E-state index contributed by atoms with van der Waals surface area (Å²) < 4.78 is 14.2. The Hall–Kier alpha value is -2.44. The van der Waals surface area contributed by atoms with Gasteiger partial charge in [-0.15, -0.1) is 0 Å². The van der Waals surface area contributed by atoms with Crippen LogP contribution in [0.3, 0.4) is 0 Å². The molecule has 0 aliphatic rings. The van der Waals surface area contributed by atoms with Gasteiger partial charge in [0.15, 0.2) is 0 Å². The van der Waals surface area contributed by atoms with Crippen LogP contribution in [-0.4, -0.2) is 20.7 Å². The zero-order valence-electron chi connectivity index (χ0n) is 10.6. The summed E-state index contributed by atoms with van der Waals surface area (Å²) in [5.74, 6) is -1.000. The number of hydrogen-bond acceptors (Lipinski definition) is 4. The summed E-state index contributed by atoms with van der Waals surface area (Å²) in [4.78, 5) is 15.6. The predicted molar refractivity (Wildman–Crippen MR) is 69.2 cm³/mol. The van der Waals surface area contributed by atoms with Gasteiger partial charge in [0, 0.05) is 6.54 Å². The minimum atomic E-state index is -0.605. The number of amides is 1. The van der Waals surface area contributed by atoms with Gasteiger partial charge in [0.1, 0.15) is 5.69 Å². The van der Waals surface area contributed by atoms with Crippen LogP contribution in [0.2, 0.25) is 0 Å². The number of pyridine rings is 1. The number of nitrogen functional groups attached to an aromatic ring is 1. The lowest BCUT2D eigenvalue weighted by atomic mass is 10.3. The van der Waals surface area contributed by atoms with Crippen LogP contribution in [-0.2, 0) is 6.54 Å². The smallest absolute Gasteiger partial charge is 0.276 e. The summed E-state index contributed by atoms with van der Waals surface area (Å²) in [5.41, 5.74) is 7.47. The Morgan fingerprint density at radius 3 is 2.84 bits per heavy atom. The maximum Gasteiger partial charge on any atom is 0.276 e. The van der Waals surface area contributed by atoms with Crippen LogP contribution in [0.1, 0.15) is 23.1 Å². The summed E-state index contributed by atoms with van der Waals surface area (Å²) >= 11 is 0. The number of nitrogens with zero attached hydrogens (tertiary/aromatic N) is 3. The van der Waals surface area contributed by atoms with Crippen LogP contribution < -0.4 is 11.1 Å². The molecule has 2 aromatic rings. The first-order valence-electron chi connectivity index (χ1n) is 5.78. The fraction of sp³-hybridized carbons (Fsp3) is 0.250. The van der Waals surface area contributed by atoms with Crippen molar-refractivity contribution in [1.82, 2.24) is 14.8 Å². The molecule has 0 unspecified atom stereocenters. The van der Waals surface area contributed by atoms with Crippen molar-refractivity contribution in [3.05, 3.63) is 35.7 Å². The van der Waals surface area contributed by atoms with Crippen LogP contribution in [0, 0.1) is 12.9 Å². The summed E-state index contributed by atoms with van der Waals surface area (Å²) in [5, 5.41) is 6.77. The number of anilines is 2. The van der Waals surface area contributed by atoms with Gasteiger partial charge in [-0.3, -0.25) is 9.48 Å². The Kier molecular flexibility index (Phi) is 3.46. The summed E-state index contributed by atoms with van der Waals surface area (Å²) in [6, 6.07) is 2.59. The van der Waals surface area contributed by atoms with Gasteiger partial charge in [-0.1, -0.05) is 0 Å². The molecule has 2 heterocycles. The van der Waals surface area contributed by atoms with E-state index in [1.807, 2.05) is 6.92 Å². The second-order valence-corrected chi connectivity index (χ2v) is 3.99. The van der Waals surface area contributed by atoms with Crippen LogP contribution in [0.15, 0.2) is 18.3 Å². The van der Waals surface area contributed by atoms with Crippen molar-refractivity contribution in [3.63, 3.8) is 0 Å². The van der Waals surface area contributed by atoms with Gasteiger partial charge in [0.25, 0.3) is 5.91 Å². The molecule has 1 amide bonds. The van der Waals surface area contributed by atoms with Crippen molar-refractivity contribution in [2.24, 2.45) is 0 Å². The van der Waals surface area contributed by atoms with E-state index in [-0.39, 0.29) is 0 Å². The molecule has 0 saturated heterocycles. The van der Waals surface area contributed by atoms with E-state index in [2.05, 4.69) is 15.4 Å². The molecule has 0 aliphatic heterocycles. The molecule has 0 aromatic carbocycles. The van der Waals surface area contributed by atoms with Crippen LogP contribution in [0.25, 0.3) is 0 Å². The van der Waals surface area contributed by atoms with Crippen LogP contribution in [0.4, 0.5) is 15.8 Å². The number of nitrogens with two attached hydrogens (primary N) is 1. The number of aromatic nitrogens is 3. The van der Waals surface area contributed by atoms with Crippen LogP contribution >= 0.6 is 0 Å². The Morgan fingerprint density at radius 1 is 1.53 bits per heavy atom. The van der Waals surface area contributed by atoms with Crippen molar-refractivity contribution in [2.75, 3.05) is 11.1 Å².